The normalized spacial score (nSPS) is 22.5. The molecule has 124 valence electrons. The van der Waals surface area contributed by atoms with Gasteiger partial charge < -0.3 is 9.30 Å². The fourth-order valence-electron chi connectivity index (χ4n) is 3.69. The molecule has 0 aliphatic carbocycles. The third kappa shape index (κ3) is 3.04. The molecule has 2 aliphatic heterocycles. The van der Waals surface area contributed by atoms with Gasteiger partial charge in [0.05, 0.1) is 6.26 Å². The molecule has 0 radical (unpaired) electrons. The smallest absolute Gasteiger partial charge is 0.211 e. The van der Waals surface area contributed by atoms with Crippen LogP contribution in [-0.4, -0.2) is 53.9 Å². The van der Waals surface area contributed by atoms with Crippen LogP contribution < -0.4 is 0 Å². The van der Waals surface area contributed by atoms with Crippen molar-refractivity contribution in [3.8, 4) is 0 Å². The van der Waals surface area contributed by atoms with Gasteiger partial charge in [0.2, 0.25) is 10.0 Å². The number of methoxy groups -OCH3 is 1. The SMILES string of the molecule is COCc1nnc2n1CCC1(CC2)CCN(S(C)(=O)=O)CC1. The minimum Gasteiger partial charge on any atom is -0.377 e. The number of aryl methyl sites for hydroxylation is 1. The van der Waals surface area contributed by atoms with E-state index in [2.05, 4.69) is 14.8 Å². The first-order valence-electron chi connectivity index (χ1n) is 7.79. The molecule has 0 unspecified atom stereocenters. The van der Waals surface area contributed by atoms with Crippen LogP contribution in [0.5, 0.6) is 0 Å². The van der Waals surface area contributed by atoms with Crippen molar-refractivity contribution in [1.82, 2.24) is 19.1 Å². The molecule has 0 aromatic carbocycles. The Morgan fingerprint density at radius 1 is 1.14 bits per heavy atom. The highest BCUT2D eigenvalue weighted by atomic mass is 32.2. The molecular formula is C14H24N4O3S. The number of rotatable bonds is 3. The summed E-state index contributed by atoms with van der Waals surface area (Å²) in [6.45, 7) is 2.68. The number of aromatic nitrogens is 3. The highest BCUT2D eigenvalue weighted by Crippen LogP contribution is 2.42. The highest BCUT2D eigenvalue weighted by molar-refractivity contribution is 7.88. The lowest BCUT2D eigenvalue weighted by Gasteiger charge is -2.40. The Bertz CT molecular complexity index is 633. The van der Waals surface area contributed by atoms with Crippen molar-refractivity contribution >= 4 is 10.0 Å². The van der Waals surface area contributed by atoms with E-state index in [0.29, 0.717) is 19.7 Å². The van der Waals surface area contributed by atoms with Crippen LogP contribution in [0.15, 0.2) is 0 Å². The second kappa shape index (κ2) is 5.90. The van der Waals surface area contributed by atoms with Crippen LogP contribution in [0.4, 0.5) is 0 Å². The molecule has 0 N–H and O–H groups in total. The van der Waals surface area contributed by atoms with Crippen LogP contribution in [0.3, 0.4) is 0 Å². The molecule has 1 aromatic heterocycles. The Morgan fingerprint density at radius 3 is 2.45 bits per heavy atom. The summed E-state index contributed by atoms with van der Waals surface area (Å²) in [5.74, 6) is 1.93. The number of fused-ring (bicyclic) bond motifs is 1. The van der Waals surface area contributed by atoms with Gasteiger partial charge in [-0.2, -0.15) is 0 Å². The average Bonchev–Trinajstić information content (AvgIpc) is 2.77. The summed E-state index contributed by atoms with van der Waals surface area (Å²) in [6.07, 6.45) is 6.23. The van der Waals surface area contributed by atoms with E-state index in [1.54, 1.807) is 11.4 Å². The minimum absolute atomic E-state index is 0.242. The maximum absolute atomic E-state index is 11.7. The fourth-order valence-corrected chi connectivity index (χ4v) is 4.54. The molecule has 1 spiro atoms. The average molecular weight is 328 g/mol. The first-order valence-corrected chi connectivity index (χ1v) is 9.63. The maximum Gasteiger partial charge on any atom is 0.211 e. The van der Waals surface area contributed by atoms with Crippen LogP contribution >= 0.6 is 0 Å². The Kier molecular flexibility index (Phi) is 4.26. The third-order valence-corrected chi connectivity index (χ3v) is 6.48. The number of hydrogen-bond donors (Lipinski definition) is 0. The molecule has 1 fully saturated rings. The second-order valence-corrected chi connectivity index (χ2v) is 8.51. The molecule has 0 saturated carbocycles. The zero-order valence-electron chi connectivity index (χ0n) is 13.3. The number of nitrogens with zero attached hydrogens (tertiary/aromatic N) is 4. The Labute approximate surface area is 131 Å². The molecule has 2 aliphatic rings. The van der Waals surface area contributed by atoms with Gasteiger partial charge in [0.25, 0.3) is 0 Å². The van der Waals surface area contributed by atoms with Crippen molar-refractivity contribution in [2.75, 3.05) is 26.5 Å². The van der Waals surface area contributed by atoms with Gasteiger partial charge in [-0.25, -0.2) is 12.7 Å². The quantitative estimate of drug-likeness (QED) is 0.820. The number of ether oxygens (including phenoxy) is 1. The van der Waals surface area contributed by atoms with E-state index >= 15 is 0 Å². The Balaban J connectivity index is 1.70. The molecule has 1 saturated heterocycles. The van der Waals surface area contributed by atoms with E-state index in [0.717, 1.165) is 50.3 Å². The van der Waals surface area contributed by atoms with E-state index in [-0.39, 0.29) is 5.41 Å². The largest absolute Gasteiger partial charge is 0.377 e. The lowest BCUT2D eigenvalue weighted by Crippen LogP contribution is -2.42. The van der Waals surface area contributed by atoms with Gasteiger partial charge >= 0.3 is 0 Å². The molecule has 0 bridgehead atoms. The van der Waals surface area contributed by atoms with Crippen molar-refractivity contribution < 1.29 is 13.2 Å². The Morgan fingerprint density at radius 2 is 1.82 bits per heavy atom. The van der Waals surface area contributed by atoms with Crippen LogP contribution in [0, 0.1) is 5.41 Å². The number of piperidine rings is 1. The molecular weight excluding hydrogens is 304 g/mol. The van der Waals surface area contributed by atoms with Crippen molar-refractivity contribution in [2.45, 2.75) is 45.3 Å². The van der Waals surface area contributed by atoms with Gasteiger partial charge in [-0.05, 0) is 31.1 Å². The van der Waals surface area contributed by atoms with Gasteiger partial charge in [-0.3, -0.25) is 0 Å². The molecule has 0 amide bonds. The predicted octanol–water partition coefficient (Wildman–Crippen LogP) is 0.803. The lowest BCUT2D eigenvalue weighted by molar-refractivity contribution is 0.128. The van der Waals surface area contributed by atoms with Crippen molar-refractivity contribution in [1.29, 1.82) is 0 Å². The standard InChI is InChI=1S/C14H24N4O3S/c1-21-11-13-16-15-12-3-4-14(7-10-18(12)13)5-8-17(9-6-14)22(2,19)20/h3-11H2,1-2H3. The number of sulfonamides is 1. The summed E-state index contributed by atoms with van der Waals surface area (Å²) in [5, 5.41) is 8.50. The van der Waals surface area contributed by atoms with E-state index in [9.17, 15) is 8.42 Å². The highest BCUT2D eigenvalue weighted by Gasteiger charge is 2.38. The summed E-state index contributed by atoms with van der Waals surface area (Å²) in [5.41, 5.74) is 0.242. The van der Waals surface area contributed by atoms with Gasteiger partial charge in [0, 0.05) is 33.2 Å². The van der Waals surface area contributed by atoms with E-state index in [4.69, 9.17) is 4.74 Å². The predicted molar refractivity (Wildman–Crippen MR) is 81.8 cm³/mol. The summed E-state index contributed by atoms with van der Waals surface area (Å²) in [7, 11) is -1.39. The fraction of sp³-hybridized carbons (Fsp3) is 0.857. The zero-order valence-corrected chi connectivity index (χ0v) is 14.1. The molecule has 7 nitrogen and oxygen atoms in total. The van der Waals surface area contributed by atoms with Crippen molar-refractivity contribution in [2.24, 2.45) is 5.41 Å². The van der Waals surface area contributed by atoms with Crippen LogP contribution in [0.1, 0.15) is 37.3 Å². The van der Waals surface area contributed by atoms with Crippen molar-refractivity contribution in [3.63, 3.8) is 0 Å². The van der Waals surface area contributed by atoms with Gasteiger partial charge in [0.15, 0.2) is 5.82 Å². The number of hydrogen-bond acceptors (Lipinski definition) is 5. The molecule has 8 heteroatoms. The van der Waals surface area contributed by atoms with E-state index in [1.807, 2.05) is 0 Å². The summed E-state index contributed by atoms with van der Waals surface area (Å²) >= 11 is 0. The van der Waals surface area contributed by atoms with E-state index < -0.39 is 10.0 Å². The second-order valence-electron chi connectivity index (χ2n) is 6.53. The summed E-state index contributed by atoms with van der Waals surface area (Å²) in [4.78, 5) is 0. The third-order valence-electron chi connectivity index (χ3n) is 5.17. The van der Waals surface area contributed by atoms with E-state index in [1.165, 1.54) is 6.26 Å². The lowest BCUT2D eigenvalue weighted by atomic mass is 9.73. The maximum atomic E-state index is 11.7. The molecule has 3 rings (SSSR count). The Hall–Kier alpha value is -0.990. The first kappa shape index (κ1) is 15.9. The molecule has 0 atom stereocenters. The first-order chi connectivity index (χ1) is 10.4. The minimum atomic E-state index is -3.06. The monoisotopic (exact) mass is 328 g/mol. The van der Waals surface area contributed by atoms with Gasteiger partial charge in [-0.15, -0.1) is 10.2 Å². The van der Waals surface area contributed by atoms with Crippen molar-refractivity contribution in [3.05, 3.63) is 11.6 Å². The molecule has 1 aromatic rings. The van der Waals surface area contributed by atoms with Gasteiger partial charge in [-0.1, -0.05) is 0 Å². The summed E-state index contributed by atoms with van der Waals surface area (Å²) in [6, 6.07) is 0. The van der Waals surface area contributed by atoms with Gasteiger partial charge in [0.1, 0.15) is 12.4 Å². The van der Waals surface area contributed by atoms with Crippen LogP contribution in [-0.2, 0) is 34.3 Å². The molecule has 22 heavy (non-hydrogen) atoms. The zero-order chi connectivity index (χ0) is 15.8. The summed E-state index contributed by atoms with van der Waals surface area (Å²) < 4.78 is 32.3. The molecule has 3 heterocycles. The van der Waals surface area contributed by atoms with Crippen LogP contribution in [0.25, 0.3) is 0 Å². The van der Waals surface area contributed by atoms with Crippen LogP contribution in [0.2, 0.25) is 0 Å². The topological polar surface area (TPSA) is 77.3 Å².